The van der Waals surface area contributed by atoms with E-state index in [0.29, 0.717) is 11.0 Å². The smallest absolute Gasteiger partial charge is 0.331 e. The number of nitrogens with zero attached hydrogens (tertiary/aromatic N) is 1. The Labute approximate surface area is 238 Å². The fourth-order valence-corrected chi connectivity index (χ4v) is 3.81. The number of rotatable bonds is 6. The molecule has 224 valence electrons. The molecule has 0 aromatic rings. The van der Waals surface area contributed by atoms with Crippen molar-refractivity contribution in [3.63, 3.8) is 0 Å². The molecule has 14 heteroatoms. The molecule has 0 aliphatic carbocycles. The van der Waals surface area contributed by atoms with E-state index < -0.39 is 41.1 Å². The number of thioether (sulfide) groups is 1. The molecule has 13 nitrogen and oxygen atoms in total. The Kier molecular flexibility index (Phi) is 14.6. The number of ketones is 1. The minimum Gasteiger partial charge on any atom is -0.465 e. The van der Waals surface area contributed by atoms with Crippen LogP contribution < -0.4 is 10.6 Å². The highest BCUT2D eigenvalue weighted by molar-refractivity contribution is 8.13. The van der Waals surface area contributed by atoms with Crippen LogP contribution in [-0.2, 0) is 47.8 Å². The van der Waals surface area contributed by atoms with Gasteiger partial charge in [0.05, 0.1) is 34.0 Å². The lowest BCUT2D eigenvalue weighted by Gasteiger charge is -2.32. The predicted octanol–water partition coefficient (Wildman–Crippen LogP) is -0.0915. The minimum atomic E-state index is -1.47. The molecular formula is C26H40N3O10S+. The van der Waals surface area contributed by atoms with Gasteiger partial charge in [-0.05, 0) is 0 Å². The van der Waals surface area contributed by atoms with Crippen LogP contribution in [0.15, 0.2) is 12.2 Å². The van der Waals surface area contributed by atoms with E-state index in [2.05, 4.69) is 10.6 Å². The standard InChI is InChI=1S/C26H39N3O10S/c1-26(2)17-38-21(33)7-6-18(30)16-23(35)40-15-12-27-19(31)10-11-28-25(36)24(26)39-22(34)9-8-20(32)37-14-13-29(3,4)5/h8-9,24H,6-7,10-17H2,1-5H3,(H-,27,28,31,36)/p+1/b9-8+/t24-/m0/s1. The van der Waals surface area contributed by atoms with Gasteiger partial charge in [0.1, 0.15) is 25.5 Å². The van der Waals surface area contributed by atoms with Crippen molar-refractivity contribution in [3.8, 4) is 0 Å². The maximum atomic E-state index is 13.0. The van der Waals surface area contributed by atoms with Crippen molar-refractivity contribution in [3.05, 3.63) is 12.2 Å². The zero-order valence-electron chi connectivity index (χ0n) is 23.7. The number of cyclic esters (lactones) is 1. The molecule has 1 aliphatic rings. The second kappa shape index (κ2) is 16.8. The van der Waals surface area contributed by atoms with Crippen LogP contribution in [0, 0.1) is 5.41 Å². The molecule has 0 unspecified atom stereocenters. The summed E-state index contributed by atoms with van der Waals surface area (Å²) in [6.45, 7) is 3.50. The summed E-state index contributed by atoms with van der Waals surface area (Å²) in [6.07, 6.45) is -0.640. The van der Waals surface area contributed by atoms with Gasteiger partial charge >= 0.3 is 17.9 Å². The Morgan fingerprint density at radius 3 is 2.35 bits per heavy atom. The van der Waals surface area contributed by atoms with Gasteiger partial charge in [0.15, 0.2) is 11.2 Å². The molecule has 1 saturated heterocycles. The van der Waals surface area contributed by atoms with Crippen molar-refractivity contribution in [1.82, 2.24) is 10.6 Å². The second-order valence-corrected chi connectivity index (χ2v) is 12.0. The number of Topliss-reactive ketones (excluding diaryl/α,β-unsaturated/α-hetero) is 1. The molecule has 1 rings (SSSR count). The van der Waals surface area contributed by atoms with Gasteiger partial charge in [-0.25, -0.2) is 9.59 Å². The van der Waals surface area contributed by atoms with Crippen LogP contribution in [0.3, 0.4) is 0 Å². The summed E-state index contributed by atoms with van der Waals surface area (Å²) in [6, 6.07) is 0. The third kappa shape index (κ3) is 15.4. The first-order valence-corrected chi connectivity index (χ1v) is 13.8. The highest BCUT2D eigenvalue weighted by atomic mass is 32.2. The van der Waals surface area contributed by atoms with E-state index in [1.54, 1.807) is 0 Å². The van der Waals surface area contributed by atoms with Gasteiger partial charge in [-0.3, -0.25) is 24.0 Å². The van der Waals surface area contributed by atoms with Crippen molar-refractivity contribution in [2.75, 3.05) is 59.7 Å². The maximum Gasteiger partial charge on any atom is 0.331 e. The molecule has 0 aromatic carbocycles. The number of hydrogen-bond donors (Lipinski definition) is 2. The number of amides is 2. The number of carbonyl (C=O) groups is 7. The zero-order valence-corrected chi connectivity index (χ0v) is 24.6. The van der Waals surface area contributed by atoms with E-state index in [1.165, 1.54) is 13.8 Å². The first-order chi connectivity index (χ1) is 18.6. The Bertz CT molecular complexity index is 988. The van der Waals surface area contributed by atoms with Gasteiger partial charge in [-0.2, -0.15) is 0 Å². The fraction of sp³-hybridized carbons (Fsp3) is 0.654. The van der Waals surface area contributed by atoms with E-state index in [4.69, 9.17) is 14.2 Å². The Morgan fingerprint density at radius 2 is 1.68 bits per heavy atom. The van der Waals surface area contributed by atoms with Gasteiger partial charge in [0.2, 0.25) is 5.91 Å². The lowest BCUT2D eigenvalue weighted by atomic mass is 9.86. The molecule has 0 spiro atoms. The summed E-state index contributed by atoms with van der Waals surface area (Å²) in [5.74, 6) is -3.78. The highest BCUT2D eigenvalue weighted by Gasteiger charge is 2.39. The molecular weight excluding hydrogens is 546 g/mol. The first kappa shape index (κ1) is 34.8. The molecule has 1 aliphatic heterocycles. The van der Waals surface area contributed by atoms with Crippen LogP contribution in [0.2, 0.25) is 0 Å². The summed E-state index contributed by atoms with van der Waals surface area (Å²) in [4.78, 5) is 85.6. The minimum absolute atomic E-state index is 0.0798. The summed E-state index contributed by atoms with van der Waals surface area (Å²) >= 11 is 0.902. The maximum absolute atomic E-state index is 13.0. The number of quaternary nitrogens is 1. The van der Waals surface area contributed by atoms with E-state index in [0.717, 1.165) is 23.9 Å². The summed E-state index contributed by atoms with van der Waals surface area (Å²) in [5, 5.41) is 4.77. The summed E-state index contributed by atoms with van der Waals surface area (Å²) in [7, 11) is 5.78. The largest absolute Gasteiger partial charge is 0.465 e. The highest BCUT2D eigenvalue weighted by Crippen LogP contribution is 2.25. The number of hydrogen-bond acceptors (Lipinski definition) is 11. The van der Waals surface area contributed by atoms with E-state index in [-0.39, 0.29) is 68.8 Å². The monoisotopic (exact) mass is 586 g/mol. The van der Waals surface area contributed by atoms with Crippen molar-refractivity contribution in [1.29, 1.82) is 0 Å². The van der Waals surface area contributed by atoms with Gasteiger partial charge in [-0.1, -0.05) is 25.6 Å². The third-order valence-electron chi connectivity index (χ3n) is 5.44. The van der Waals surface area contributed by atoms with Crippen LogP contribution >= 0.6 is 11.8 Å². The van der Waals surface area contributed by atoms with Crippen LogP contribution in [0.25, 0.3) is 0 Å². The Balaban J connectivity index is 2.93. The Hall–Kier alpha value is -3.26. The van der Waals surface area contributed by atoms with Crippen LogP contribution in [0.5, 0.6) is 0 Å². The van der Waals surface area contributed by atoms with Gasteiger partial charge in [-0.15, -0.1) is 0 Å². The SMILES string of the molecule is CC1(C)COC(=O)CCC(=O)CC(=O)SCCNC(=O)CCNC(=O)[C@@H]1OC(=O)/C=C/C(=O)OCC[N+](C)(C)C. The molecule has 1 heterocycles. The molecule has 1 atom stereocenters. The van der Waals surface area contributed by atoms with E-state index >= 15 is 0 Å². The number of likely N-dealkylation sites (N-methyl/N-ethyl adjacent to an activating group) is 1. The van der Waals surface area contributed by atoms with Crippen LogP contribution in [-0.4, -0.2) is 111 Å². The molecule has 40 heavy (non-hydrogen) atoms. The van der Waals surface area contributed by atoms with Crippen molar-refractivity contribution >= 4 is 52.4 Å². The van der Waals surface area contributed by atoms with Gasteiger partial charge < -0.3 is 29.3 Å². The van der Waals surface area contributed by atoms with E-state index in [9.17, 15) is 33.6 Å². The number of nitrogens with one attached hydrogen (secondary N) is 2. The van der Waals surface area contributed by atoms with Crippen LogP contribution in [0.4, 0.5) is 0 Å². The van der Waals surface area contributed by atoms with Crippen LogP contribution in [0.1, 0.15) is 39.5 Å². The average Bonchev–Trinajstić information content (AvgIpc) is 2.84. The third-order valence-corrected chi connectivity index (χ3v) is 6.31. The average molecular weight is 587 g/mol. The molecule has 2 N–H and O–H groups in total. The quantitative estimate of drug-likeness (QED) is 0.140. The molecule has 0 bridgehead atoms. The Morgan fingerprint density at radius 1 is 1.00 bits per heavy atom. The lowest BCUT2D eigenvalue weighted by molar-refractivity contribution is -0.870. The van der Waals surface area contributed by atoms with Gasteiger partial charge in [0.25, 0.3) is 5.91 Å². The number of ether oxygens (including phenoxy) is 3. The molecule has 0 radical (unpaired) electrons. The molecule has 0 saturated carbocycles. The van der Waals surface area contributed by atoms with Crippen molar-refractivity contribution < 1.29 is 52.3 Å². The summed E-state index contributed by atoms with van der Waals surface area (Å²) in [5.41, 5.74) is -1.24. The molecule has 0 aromatic heterocycles. The number of carbonyl (C=O) groups excluding carboxylic acids is 7. The topological polar surface area (TPSA) is 171 Å². The predicted molar refractivity (Wildman–Crippen MR) is 145 cm³/mol. The molecule has 2 amide bonds. The second-order valence-electron chi connectivity index (χ2n) is 10.8. The number of esters is 3. The first-order valence-electron chi connectivity index (χ1n) is 12.8. The van der Waals surface area contributed by atoms with E-state index in [1.807, 2.05) is 21.1 Å². The lowest BCUT2D eigenvalue weighted by Crippen LogP contribution is -2.49. The summed E-state index contributed by atoms with van der Waals surface area (Å²) < 4.78 is 16.2. The molecule has 1 fully saturated rings. The van der Waals surface area contributed by atoms with Crippen molar-refractivity contribution in [2.24, 2.45) is 5.41 Å². The normalized spacial score (nSPS) is 20.8. The van der Waals surface area contributed by atoms with Crippen molar-refractivity contribution in [2.45, 2.75) is 45.6 Å². The zero-order chi connectivity index (χ0) is 30.3. The van der Waals surface area contributed by atoms with Gasteiger partial charge in [0, 0.05) is 49.3 Å². The fourth-order valence-electron chi connectivity index (χ4n) is 3.12.